The number of rotatable bonds is 5. The Kier molecular flexibility index (Phi) is 4.44. The van der Waals surface area contributed by atoms with E-state index in [2.05, 4.69) is 26.1 Å². The first-order valence-corrected chi connectivity index (χ1v) is 7.31. The molecular weight excluding hydrogens is 312 g/mol. The summed E-state index contributed by atoms with van der Waals surface area (Å²) < 4.78 is 0. The van der Waals surface area contributed by atoms with E-state index in [0.717, 1.165) is 11.4 Å². The zero-order valence-corrected chi connectivity index (χ0v) is 12.9. The molecule has 3 rings (SSSR count). The van der Waals surface area contributed by atoms with Gasteiger partial charge >= 0.3 is 0 Å². The number of halogens is 1. The minimum Gasteiger partial charge on any atom is -0.393 e. The minimum atomic E-state index is 0.385. The molecule has 1 aromatic heterocycles. The average Bonchev–Trinajstić information content (AvgIpc) is 2.58. The maximum absolute atomic E-state index is 6.13. The van der Waals surface area contributed by atoms with Crippen molar-refractivity contribution >= 4 is 40.3 Å². The Labute approximate surface area is 138 Å². The molecule has 0 radical (unpaired) electrons. The van der Waals surface area contributed by atoms with Crippen LogP contribution in [0.5, 0.6) is 0 Å². The van der Waals surface area contributed by atoms with E-state index in [1.165, 1.54) is 6.33 Å². The van der Waals surface area contributed by atoms with Gasteiger partial charge in [0.25, 0.3) is 0 Å². The summed E-state index contributed by atoms with van der Waals surface area (Å²) in [5.74, 6) is 0.948. The van der Waals surface area contributed by atoms with Gasteiger partial charge in [0.05, 0.1) is 16.4 Å². The number of benzene rings is 2. The number of para-hydroxylation sites is 2. The average molecular weight is 327 g/mol. The van der Waals surface area contributed by atoms with Gasteiger partial charge in [0.15, 0.2) is 11.6 Å². The van der Waals surface area contributed by atoms with Crippen molar-refractivity contribution in [3.8, 4) is 0 Å². The Balaban J connectivity index is 1.77. The largest absolute Gasteiger partial charge is 0.393 e. The molecule has 2 aromatic carbocycles. The topological polar surface area (TPSA) is 87.9 Å². The molecule has 3 aromatic rings. The van der Waals surface area contributed by atoms with Crippen molar-refractivity contribution in [2.24, 2.45) is 0 Å². The summed E-state index contributed by atoms with van der Waals surface area (Å²) in [4.78, 5) is 8.29. The second-order valence-electron chi connectivity index (χ2n) is 4.71. The monoisotopic (exact) mass is 326 g/mol. The zero-order valence-electron chi connectivity index (χ0n) is 12.1. The van der Waals surface area contributed by atoms with E-state index in [1.807, 2.05) is 48.5 Å². The Morgan fingerprint density at radius 2 is 1.52 bits per heavy atom. The van der Waals surface area contributed by atoms with Crippen molar-refractivity contribution in [1.82, 2.24) is 9.97 Å². The highest BCUT2D eigenvalue weighted by molar-refractivity contribution is 6.33. The van der Waals surface area contributed by atoms with E-state index < -0.39 is 0 Å². The van der Waals surface area contributed by atoms with E-state index >= 15 is 0 Å². The first kappa shape index (κ1) is 14.9. The number of aromatic nitrogens is 2. The molecular formula is C16H15ClN6. The van der Waals surface area contributed by atoms with Crippen LogP contribution in [0.25, 0.3) is 0 Å². The maximum atomic E-state index is 6.13. The van der Waals surface area contributed by atoms with E-state index in [-0.39, 0.29) is 0 Å². The summed E-state index contributed by atoms with van der Waals surface area (Å²) >= 11 is 6.13. The molecule has 0 aliphatic carbocycles. The third-order valence-electron chi connectivity index (χ3n) is 3.11. The number of nitrogens with zero attached hydrogens (tertiary/aromatic N) is 2. The van der Waals surface area contributed by atoms with Crippen LogP contribution in [0.3, 0.4) is 0 Å². The highest BCUT2D eigenvalue weighted by Gasteiger charge is 2.09. The highest BCUT2D eigenvalue weighted by atomic mass is 35.5. The van der Waals surface area contributed by atoms with Crippen LogP contribution < -0.4 is 21.9 Å². The second kappa shape index (κ2) is 6.85. The molecule has 0 fully saturated rings. The molecule has 7 heteroatoms. The third kappa shape index (κ3) is 3.61. The van der Waals surface area contributed by atoms with Crippen LogP contribution in [-0.2, 0) is 0 Å². The first-order valence-electron chi connectivity index (χ1n) is 6.93. The lowest BCUT2D eigenvalue weighted by Gasteiger charge is -2.14. The number of hydrogen-bond acceptors (Lipinski definition) is 6. The number of nitrogen functional groups attached to an aromatic ring is 1. The quantitative estimate of drug-likeness (QED) is 0.532. The van der Waals surface area contributed by atoms with Crippen LogP contribution in [0.15, 0.2) is 60.9 Å². The Morgan fingerprint density at radius 3 is 2.30 bits per heavy atom. The van der Waals surface area contributed by atoms with Crippen LogP contribution >= 0.6 is 11.6 Å². The number of hydrazine groups is 1. The molecule has 0 amide bonds. The predicted octanol–water partition coefficient (Wildman–Crippen LogP) is 3.89. The van der Waals surface area contributed by atoms with Gasteiger partial charge in [-0.15, -0.1) is 0 Å². The molecule has 116 valence electrons. The summed E-state index contributed by atoms with van der Waals surface area (Å²) in [5.41, 5.74) is 14.1. The van der Waals surface area contributed by atoms with Crippen molar-refractivity contribution in [3.63, 3.8) is 0 Å². The Bertz CT molecular complexity index is 794. The SMILES string of the molecule is Nc1c(NNc2ccccc2)ncnc1Nc1ccccc1Cl. The lowest BCUT2D eigenvalue weighted by Crippen LogP contribution is -2.13. The van der Waals surface area contributed by atoms with Gasteiger partial charge in [-0.3, -0.25) is 10.9 Å². The fraction of sp³-hybridized carbons (Fsp3) is 0. The fourth-order valence-corrected chi connectivity index (χ4v) is 2.12. The maximum Gasteiger partial charge on any atom is 0.173 e. The second-order valence-corrected chi connectivity index (χ2v) is 5.11. The van der Waals surface area contributed by atoms with Gasteiger partial charge in [-0.2, -0.15) is 0 Å². The van der Waals surface area contributed by atoms with Crippen molar-refractivity contribution in [3.05, 3.63) is 65.9 Å². The van der Waals surface area contributed by atoms with E-state index in [9.17, 15) is 0 Å². The van der Waals surface area contributed by atoms with Gasteiger partial charge < -0.3 is 11.1 Å². The normalized spacial score (nSPS) is 10.1. The summed E-state index contributed by atoms with van der Waals surface area (Å²) in [6, 6.07) is 17.0. The molecule has 0 aliphatic rings. The molecule has 5 N–H and O–H groups in total. The highest BCUT2D eigenvalue weighted by Crippen LogP contribution is 2.29. The van der Waals surface area contributed by atoms with Crippen molar-refractivity contribution in [2.45, 2.75) is 0 Å². The lowest BCUT2D eigenvalue weighted by molar-refractivity contribution is 1.16. The molecule has 0 bridgehead atoms. The van der Waals surface area contributed by atoms with Crippen LogP contribution in [0, 0.1) is 0 Å². The molecule has 1 heterocycles. The van der Waals surface area contributed by atoms with Gasteiger partial charge in [0.1, 0.15) is 12.0 Å². The van der Waals surface area contributed by atoms with Crippen LogP contribution in [0.4, 0.5) is 28.7 Å². The molecule has 0 aliphatic heterocycles. The molecule has 6 nitrogen and oxygen atoms in total. The molecule has 0 saturated carbocycles. The fourth-order valence-electron chi connectivity index (χ4n) is 1.94. The van der Waals surface area contributed by atoms with Gasteiger partial charge in [0.2, 0.25) is 0 Å². The molecule has 0 spiro atoms. The number of nitrogens with one attached hydrogen (secondary N) is 3. The van der Waals surface area contributed by atoms with E-state index in [0.29, 0.717) is 22.3 Å². The molecule has 0 atom stereocenters. The van der Waals surface area contributed by atoms with Crippen LogP contribution in [0.1, 0.15) is 0 Å². The summed E-state index contributed by atoms with van der Waals surface area (Å²) in [5, 5.41) is 3.69. The van der Waals surface area contributed by atoms with Crippen LogP contribution in [0.2, 0.25) is 5.02 Å². The van der Waals surface area contributed by atoms with Gasteiger partial charge in [-0.1, -0.05) is 41.9 Å². The summed E-state index contributed by atoms with van der Waals surface area (Å²) in [7, 11) is 0. The molecule has 23 heavy (non-hydrogen) atoms. The number of nitrogens with two attached hydrogens (primary N) is 1. The third-order valence-corrected chi connectivity index (χ3v) is 3.44. The van der Waals surface area contributed by atoms with Crippen LogP contribution in [-0.4, -0.2) is 9.97 Å². The van der Waals surface area contributed by atoms with Gasteiger partial charge in [0, 0.05) is 0 Å². The Morgan fingerprint density at radius 1 is 0.826 bits per heavy atom. The summed E-state index contributed by atoms with van der Waals surface area (Å²) in [6.07, 6.45) is 1.42. The summed E-state index contributed by atoms with van der Waals surface area (Å²) in [6.45, 7) is 0. The van der Waals surface area contributed by atoms with E-state index in [1.54, 1.807) is 6.07 Å². The Hall–Kier alpha value is -2.99. The molecule has 0 saturated heterocycles. The zero-order chi connectivity index (χ0) is 16.1. The number of anilines is 5. The lowest BCUT2D eigenvalue weighted by atomic mass is 10.3. The van der Waals surface area contributed by atoms with Crippen molar-refractivity contribution in [1.29, 1.82) is 0 Å². The van der Waals surface area contributed by atoms with Gasteiger partial charge in [-0.05, 0) is 24.3 Å². The smallest absolute Gasteiger partial charge is 0.173 e. The molecule has 0 unspecified atom stereocenters. The minimum absolute atomic E-state index is 0.385. The van der Waals surface area contributed by atoms with Gasteiger partial charge in [-0.25, -0.2) is 9.97 Å². The predicted molar refractivity (Wildman–Crippen MR) is 94.9 cm³/mol. The van der Waals surface area contributed by atoms with Crippen molar-refractivity contribution < 1.29 is 0 Å². The first-order chi connectivity index (χ1) is 11.2. The van der Waals surface area contributed by atoms with Crippen molar-refractivity contribution in [2.75, 3.05) is 21.9 Å². The number of hydrogen-bond donors (Lipinski definition) is 4. The van der Waals surface area contributed by atoms with E-state index in [4.69, 9.17) is 17.3 Å². The standard InChI is InChI=1S/C16H15ClN6/c17-12-8-4-5-9-13(12)21-15-14(18)16(20-10-19-15)23-22-11-6-2-1-3-7-11/h1-10,22H,18H2,(H2,19,20,21,23).